The van der Waals surface area contributed by atoms with E-state index in [0.29, 0.717) is 41.8 Å². The Morgan fingerprint density at radius 3 is 2.15 bits per heavy atom. The molecule has 3 fully saturated rings. The van der Waals surface area contributed by atoms with Gasteiger partial charge in [0, 0.05) is 37.8 Å². The van der Waals surface area contributed by atoms with E-state index in [1.54, 1.807) is 18.2 Å². The Hall–Kier alpha value is -4.92. The number of phenols is 1. The van der Waals surface area contributed by atoms with Crippen LogP contribution in [0.5, 0.6) is 11.5 Å². The molecule has 66 heavy (non-hydrogen) atoms. The summed E-state index contributed by atoms with van der Waals surface area (Å²) in [7, 11) is -1.41. The minimum absolute atomic E-state index is 0.0312. The minimum atomic E-state index is -2.97. The van der Waals surface area contributed by atoms with Crippen LogP contribution in [0.2, 0.25) is 5.04 Å². The van der Waals surface area contributed by atoms with Crippen molar-refractivity contribution in [2.75, 3.05) is 33.4 Å². The molecule has 0 saturated carbocycles. The number of pyridine rings is 1. The van der Waals surface area contributed by atoms with Crippen molar-refractivity contribution in [2.24, 2.45) is 17.8 Å². The molecule has 9 nitrogen and oxygen atoms in total. The van der Waals surface area contributed by atoms with Crippen molar-refractivity contribution in [3.8, 4) is 11.5 Å². The van der Waals surface area contributed by atoms with E-state index in [4.69, 9.17) is 18.9 Å². The summed E-state index contributed by atoms with van der Waals surface area (Å²) < 4.78 is 20.7. The molecule has 5 aromatic rings. The van der Waals surface area contributed by atoms with Crippen LogP contribution in [0.3, 0.4) is 0 Å². The molecule has 0 unspecified atom stereocenters. The Bertz CT molecular complexity index is 2540. The maximum absolute atomic E-state index is 14.9. The van der Waals surface area contributed by atoms with Crippen LogP contribution in [0.15, 0.2) is 139 Å². The lowest BCUT2D eigenvalue weighted by Gasteiger charge is -2.44. The van der Waals surface area contributed by atoms with E-state index in [0.717, 1.165) is 60.5 Å². The fraction of sp³-hybridized carbons (Fsp3) is 0.364. The second-order valence-corrected chi connectivity index (χ2v) is 24.8. The second-order valence-electron chi connectivity index (χ2n) is 19.3. The molecule has 3 saturated heterocycles. The van der Waals surface area contributed by atoms with Crippen molar-refractivity contribution in [3.05, 3.63) is 159 Å². The molecule has 1 aliphatic carbocycles. The van der Waals surface area contributed by atoms with Crippen LogP contribution < -0.4 is 15.1 Å². The number of phenolic OH excluding ortho intramolecular Hbond substituents is 1. The molecule has 0 spiro atoms. The van der Waals surface area contributed by atoms with Gasteiger partial charge in [-0.3, -0.25) is 24.4 Å². The monoisotopic (exact) mass is 1010 g/mol. The zero-order valence-corrected chi connectivity index (χ0v) is 41.5. The third kappa shape index (κ3) is 9.09. The molecule has 11 heteroatoms. The number of rotatable bonds is 14. The Labute approximate surface area is 404 Å². The predicted octanol–water partition coefficient (Wildman–Crippen LogP) is 9.28. The van der Waals surface area contributed by atoms with Gasteiger partial charge >= 0.3 is 0 Å². The van der Waals surface area contributed by atoms with Crippen molar-refractivity contribution in [2.45, 2.75) is 76.6 Å². The number of imide groups is 1. The van der Waals surface area contributed by atoms with Crippen LogP contribution in [0.25, 0.3) is 11.6 Å². The molecular formula is C55H60IN3O6Si. The van der Waals surface area contributed by atoms with Gasteiger partial charge in [-0.15, -0.1) is 0 Å². The highest BCUT2D eigenvalue weighted by atomic mass is 127. The van der Waals surface area contributed by atoms with E-state index in [9.17, 15) is 14.7 Å². The first kappa shape index (κ1) is 46.2. The van der Waals surface area contributed by atoms with Crippen molar-refractivity contribution in [3.63, 3.8) is 0 Å². The molecule has 4 heterocycles. The van der Waals surface area contributed by atoms with Gasteiger partial charge in [-0.25, -0.2) is 0 Å². The third-order valence-corrected chi connectivity index (χ3v) is 20.2. The average Bonchev–Trinajstić information content (AvgIpc) is 3.87. The largest absolute Gasteiger partial charge is 0.504 e. The van der Waals surface area contributed by atoms with E-state index >= 15 is 0 Å². The van der Waals surface area contributed by atoms with Gasteiger partial charge in [-0.05, 0) is 128 Å². The number of benzene rings is 4. The molecule has 3 aliphatic heterocycles. The molecule has 0 radical (unpaired) electrons. The third-order valence-electron chi connectivity index (χ3n) is 14.4. The highest BCUT2D eigenvalue weighted by Gasteiger charge is 2.59. The van der Waals surface area contributed by atoms with Gasteiger partial charge in [0.05, 0.1) is 47.5 Å². The van der Waals surface area contributed by atoms with Gasteiger partial charge in [0.15, 0.2) is 11.5 Å². The Kier molecular flexibility index (Phi) is 13.8. The predicted molar refractivity (Wildman–Crippen MR) is 271 cm³/mol. The summed E-state index contributed by atoms with van der Waals surface area (Å²) in [6.45, 7) is 10.1. The maximum atomic E-state index is 14.9. The number of hydrogen-bond acceptors (Lipinski definition) is 8. The Morgan fingerprint density at radius 2 is 1.53 bits per heavy atom. The van der Waals surface area contributed by atoms with Gasteiger partial charge < -0.3 is 19.0 Å². The van der Waals surface area contributed by atoms with E-state index in [1.807, 2.05) is 36.4 Å². The number of halogens is 1. The first-order valence-electron chi connectivity index (χ1n) is 23.4. The molecule has 9 rings (SSSR count). The average molecular weight is 1010 g/mol. The number of carbonyl (C=O) groups is 2. The highest BCUT2D eigenvalue weighted by Crippen LogP contribution is 2.51. The topological polar surface area (TPSA) is 101 Å². The summed E-state index contributed by atoms with van der Waals surface area (Å²) >= 11 is 2.13. The summed E-state index contributed by atoms with van der Waals surface area (Å²) in [6.07, 6.45) is 6.92. The molecule has 1 aromatic heterocycles. The van der Waals surface area contributed by atoms with Gasteiger partial charge in [0.25, 0.3) is 8.32 Å². The quantitative estimate of drug-likeness (QED) is 0.0509. The number of hydrogen-bond donors (Lipinski definition) is 1. The number of likely N-dealkylation sites (tertiary alicyclic amines) is 2. The van der Waals surface area contributed by atoms with E-state index in [-0.39, 0.29) is 40.7 Å². The number of aromatic hydroxyl groups is 1. The molecular weight excluding hydrogens is 954 g/mol. The van der Waals surface area contributed by atoms with Crippen molar-refractivity contribution in [1.29, 1.82) is 0 Å². The molecule has 0 bridgehead atoms. The molecule has 1 N–H and O–H groups in total. The second kappa shape index (κ2) is 19.7. The molecule has 4 aromatic carbocycles. The van der Waals surface area contributed by atoms with E-state index in [1.165, 1.54) is 15.9 Å². The van der Waals surface area contributed by atoms with Crippen LogP contribution in [0.1, 0.15) is 69.7 Å². The lowest BCUT2D eigenvalue weighted by atomic mass is 9.69. The fourth-order valence-corrected chi connectivity index (χ4v) is 16.4. The first-order chi connectivity index (χ1) is 32.0. The SMILES string of the molecule is COc1cc(/C=C(/CC[C@H]2OC[C@H]3C2=C(CO[Si](c2ccccc2)(c2ccccc2)C(C)(C)C)C[C@H]2C(=O)N(C4CCN(Cc5ccccc5)CC4)C(=O)[C@H]23)c2ccccn2)cc(I)c1O. The molecule has 4 aliphatic rings. The van der Waals surface area contributed by atoms with Crippen LogP contribution >= 0.6 is 22.6 Å². The summed E-state index contributed by atoms with van der Waals surface area (Å²) in [5.74, 6) is -0.686. The van der Waals surface area contributed by atoms with E-state index in [2.05, 4.69) is 139 Å². The normalized spacial score (nSPS) is 21.9. The molecule has 4 atom stereocenters. The number of ether oxygens (including phenoxy) is 2. The van der Waals surface area contributed by atoms with Crippen molar-refractivity contribution >= 4 is 64.7 Å². The van der Waals surface area contributed by atoms with Gasteiger partial charge in [-0.1, -0.05) is 118 Å². The van der Waals surface area contributed by atoms with Gasteiger partial charge in [0.2, 0.25) is 11.8 Å². The smallest absolute Gasteiger partial charge is 0.261 e. The number of allylic oxidation sites excluding steroid dienone is 1. The zero-order valence-electron chi connectivity index (χ0n) is 38.4. The molecule has 342 valence electrons. The lowest BCUT2D eigenvalue weighted by molar-refractivity contribution is -0.144. The van der Waals surface area contributed by atoms with Crippen LogP contribution in [0, 0.1) is 21.3 Å². The van der Waals surface area contributed by atoms with Crippen LogP contribution in [-0.2, 0) is 25.3 Å². The Balaban J connectivity index is 1.06. The lowest BCUT2D eigenvalue weighted by Crippen LogP contribution is -2.66. The standard InChI is InChI=1S/C55H60IN3O6Si/c1-55(2,3)66(42-18-10-6-11-19-42,43-20-12-7-13-21-43)65-35-40-33-44-51(54(62)59(53(44)61)41-25-28-58(29-26-41)34-37-16-8-5-9-17-37)45-36-64-48(50(40)45)24-23-39(47-22-14-15-27-57-47)30-38-31-46(56)52(60)49(32-38)63-4/h5-22,27,30-32,41,44-45,48,51,60H,23-26,28-29,33-36H2,1-4H3/b39-30-/t44-,45+,48-,51-/m1/s1. The fourth-order valence-electron chi connectivity index (χ4n) is 11.3. The summed E-state index contributed by atoms with van der Waals surface area (Å²) in [4.78, 5) is 38.6. The first-order valence-corrected chi connectivity index (χ1v) is 26.4. The zero-order chi connectivity index (χ0) is 46.0. The summed E-state index contributed by atoms with van der Waals surface area (Å²) in [5, 5.41) is 12.8. The van der Waals surface area contributed by atoms with Crippen LogP contribution in [0.4, 0.5) is 0 Å². The number of methoxy groups -OCH3 is 1. The highest BCUT2D eigenvalue weighted by molar-refractivity contribution is 14.1. The Morgan fingerprint density at radius 1 is 0.879 bits per heavy atom. The number of fused-ring (bicyclic) bond motifs is 3. The molecule has 2 amide bonds. The van der Waals surface area contributed by atoms with Crippen LogP contribution in [-0.4, -0.2) is 85.6 Å². The number of nitrogens with zero attached hydrogens (tertiary/aromatic N) is 3. The minimum Gasteiger partial charge on any atom is -0.504 e. The number of aromatic nitrogens is 1. The summed E-state index contributed by atoms with van der Waals surface area (Å²) in [6, 6.07) is 41.5. The van der Waals surface area contributed by atoms with E-state index < -0.39 is 20.2 Å². The summed E-state index contributed by atoms with van der Waals surface area (Å²) in [5.41, 5.74) is 6.26. The maximum Gasteiger partial charge on any atom is 0.261 e. The van der Waals surface area contributed by atoms with Crippen molar-refractivity contribution < 1.29 is 28.6 Å². The number of piperidine rings is 1. The number of amides is 2. The van der Waals surface area contributed by atoms with Gasteiger partial charge in [0.1, 0.15) is 0 Å². The number of carbonyl (C=O) groups excluding carboxylic acids is 2. The van der Waals surface area contributed by atoms with Gasteiger partial charge in [-0.2, -0.15) is 0 Å². The van der Waals surface area contributed by atoms with Crippen molar-refractivity contribution in [1.82, 2.24) is 14.8 Å².